The number of aromatic amines is 1. The van der Waals surface area contributed by atoms with E-state index in [0.29, 0.717) is 0 Å². The fraction of sp³-hybridized carbons (Fsp3) is 0.235. The molecule has 22 heavy (non-hydrogen) atoms. The number of anilines is 1. The zero-order valence-corrected chi connectivity index (χ0v) is 12.5. The van der Waals surface area contributed by atoms with Crippen LogP contribution in [0.5, 0.6) is 0 Å². The van der Waals surface area contributed by atoms with Gasteiger partial charge in [-0.2, -0.15) is 0 Å². The minimum absolute atomic E-state index is 0.0595. The molecule has 5 nitrogen and oxygen atoms in total. The molecule has 2 aromatic heterocycles. The number of rotatable bonds is 1. The summed E-state index contributed by atoms with van der Waals surface area (Å²) >= 11 is 0. The summed E-state index contributed by atoms with van der Waals surface area (Å²) in [7, 11) is 0. The Labute approximate surface area is 127 Å². The van der Waals surface area contributed by atoms with Crippen LogP contribution in [0.4, 0.5) is 5.69 Å². The van der Waals surface area contributed by atoms with Gasteiger partial charge in [0, 0.05) is 29.1 Å². The van der Waals surface area contributed by atoms with Crippen molar-refractivity contribution in [2.75, 3.05) is 5.32 Å². The topological polar surface area (TPSA) is 70.7 Å². The van der Waals surface area contributed by atoms with Crippen LogP contribution in [0, 0.1) is 5.41 Å². The van der Waals surface area contributed by atoms with E-state index in [1.165, 1.54) is 0 Å². The molecule has 3 aromatic rings. The zero-order valence-electron chi connectivity index (χ0n) is 12.5. The third-order valence-electron chi connectivity index (χ3n) is 4.16. The second-order valence-corrected chi connectivity index (χ2v) is 6.36. The SMILES string of the molecule is CC1(C)Cc2cc3[nH]c(-c4ccncc4)nc3cc2NC1=O. The van der Waals surface area contributed by atoms with E-state index in [2.05, 4.69) is 26.3 Å². The molecule has 1 aromatic carbocycles. The monoisotopic (exact) mass is 292 g/mol. The highest BCUT2D eigenvalue weighted by atomic mass is 16.2. The number of imidazole rings is 1. The summed E-state index contributed by atoms with van der Waals surface area (Å²) in [6, 6.07) is 7.87. The van der Waals surface area contributed by atoms with Crippen molar-refractivity contribution < 1.29 is 4.79 Å². The first-order chi connectivity index (χ1) is 10.5. The molecule has 0 saturated carbocycles. The van der Waals surface area contributed by atoms with Crippen LogP contribution in [0.1, 0.15) is 19.4 Å². The molecular formula is C17H16N4O. The molecule has 0 radical (unpaired) electrons. The summed E-state index contributed by atoms with van der Waals surface area (Å²) in [4.78, 5) is 24.1. The molecule has 4 rings (SSSR count). The summed E-state index contributed by atoms with van der Waals surface area (Å²) in [5, 5.41) is 2.99. The lowest BCUT2D eigenvalue weighted by atomic mass is 9.81. The van der Waals surface area contributed by atoms with Crippen LogP contribution in [-0.2, 0) is 11.2 Å². The second kappa shape index (κ2) is 4.40. The molecule has 0 aliphatic carbocycles. The lowest BCUT2D eigenvalue weighted by Crippen LogP contribution is -2.36. The van der Waals surface area contributed by atoms with E-state index in [9.17, 15) is 4.79 Å². The van der Waals surface area contributed by atoms with E-state index in [0.717, 1.165) is 40.1 Å². The van der Waals surface area contributed by atoms with Crippen LogP contribution >= 0.6 is 0 Å². The van der Waals surface area contributed by atoms with Crippen LogP contribution < -0.4 is 5.32 Å². The van der Waals surface area contributed by atoms with E-state index in [4.69, 9.17) is 0 Å². The summed E-state index contributed by atoms with van der Waals surface area (Å²) in [6.07, 6.45) is 4.22. The van der Waals surface area contributed by atoms with Gasteiger partial charge in [0.05, 0.1) is 11.0 Å². The van der Waals surface area contributed by atoms with Crippen molar-refractivity contribution in [2.45, 2.75) is 20.3 Å². The molecule has 0 bridgehead atoms. The maximum Gasteiger partial charge on any atom is 0.230 e. The molecule has 0 unspecified atom stereocenters. The molecule has 5 heteroatoms. The van der Waals surface area contributed by atoms with E-state index in [1.54, 1.807) is 12.4 Å². The highest BCUT2D eigenvalue weighted by Crippen LogP contribution is 2.35. The maximum atomic E-state index is 12.1. The number of pyridine rings is 1. The number of fused-ring (bicyclic) bond motifs is 2. The molecule has 0 spiro atoms. The Balaban J connectivity index is 1.84. The van der Waals surface area contributed by atoms with Gasteiger partial charge in [-0.3, -0.25) is 9.78 Å². The lowest BCUT2D eigenvalue weighted by Gasteiger charge is -2.30. The molecular weight excluding hydrogens is 276 g/mol. The van der Waals surface area contributed by atoms with Gasteiger partial charge in [-0.25, -0.2) is 4.98 Å². The van der Waals surface area contributed by atoms with Gasteiger partial charge in [0.15, 0.2) is 0 Å². The Morgan fingerprint density at radius 3 is 2.73 bits per heavy atom. The van der Waals surface area contributed by atoms with Crippen molar-refractivity contribution in [1.29, 1.82) is 0 Å². The Hall–Kier alpha value is -2.69. The van der Waals surface area contributed by atoms with Gasteiger partial charge >= 0.3 is 0 Å². The molecule has 110 valence electrons. The summed E-state index contributed by atoms with van der Waals surface area (Å²) in [5.74, 6) is 0.870. The summed E-state index contributed by atoms with van der Waals surface area (Å²) in [6.45, 7) is 3.93. The number of aromatic nitrogens is 3. The van der Waals surface area contributed by atoms with Crippen LogP contribution in [0.3, 0.4) is 0 Å². The fourth-order valence-electron chi connectivity index (χ4n) is 2.86. The van der Waals surface area contributed by atoms with E-state index >= 15 is 0 Å². The number of H-pyrrole nitrogens is 1. The van der Waals surface area contributed by atoms with Gasteiger partial charge in [0.2, 0.25) is 5.91 Å². The number of nitrogens with one attached hydrogen (secondary N) is 2. The summed E-state index contributed by atoms with van der Waals surface area (Å²) in [5.41, 5.74) is 4.46. The molecule has 0 fully saturated rings. The lowest BCUT2D eigenvalue weighted by molar-refractivity contribution is -0.124. The maximum absolute atomic E-state index is 12.1. The quantitative estimate of drug-likeness (QED) is 0.724. The van der Waals surface area contributed by atoms with E-state index < -0.39 is 0 Å². The van der Waals surface area contributed by atoms with Crippen molar-refractivity contribution in [3.63, 3.8) is 0 Å². The molecule has 2 N–H and O–H groups in total. The van der Waals surface area contributed by atoms with Gasteiger partial charge in [0.25, 0.3) is 0 Å². The average molecular weight is 292 g/mol. The first-order valence-corrected chi connectivity index (χ1v) is 7.27. The fourth-order valence-corrected chi connectivity index (χ4v) is 2.86. The number of carbonyl (C=O) groups is 1. The van der Waals surface area contributed by atoms with Crippen molar-refractivity contribution in [2.24, 2.45) is 5.41 Å². The average Bonchev–Trinajstić information content (AvgIpc) is 2.90. The van der Waals surface area contributed by atoms with Crippen LogP contribution in [0.25, 0.3) is 22.4 Å². The van der Waals surface area contributed by atoms with Gasteiger partial charge < -0.3 is 10.3 Å². The van der Waals surface area contributed by atoms with Crippen LogP contribution in [0.2, 0.25) is 0 Å². The minimum Gasteiger partial charge on any atom is -0.338 e. The van der Waals surface area contributed by atoms with Crippen LogP contribution in [-0.4, -0.2) is 20.9 Å². The number of benzene rings is 1. The van der Waals surface area contributed by atoms with Gasteiger partial charge in [-0.1, -0.05) is 13.8 Å². The normalized spacial score (nSPS) is 16.4. The van der Waals surface area contributed by atoms with E-state index in [-0.39, 0.29) is 11.3 Å². The first kappa shape index (κ1) is 13.0. The number of carbonyl (C=O) groups excluding carboxylic acids is 1. The van der Waals surface area contributed by atoms with Gasteiger partial charge in [0.1, 0.15) is 5.82 Å². The smallest absolute Gasteiger partial charge is 0.230 e. The highest BCUT2D eigenvalue weighted by Gasteiger charge is 2.33. The standard InChI is InChI=1S/C17H16N4O/c1-17(2)9-11-7-13-14(8-12(11)21-16(17)22)20-15(19-13)10-3-5-18-6-4-10/h3-8H,9H2,1-2H3,(H,19,20)(H,21,22). The molecule has 3 heterocycles. The molecule has 1 aliphatic heterocycles. The molecule has 1 aliphatic rings. The molecule has 1 amide bonds. The predicted octanol–water partition coefficient (Wildman–Crippen LogP) is 3.15. The van der Waals surface area contributed by atoms with Gasteiger partial charge in [-0.05, 0) is 36.2 Å². The molecule has 0 saturated heterocycles. The van der Waals surface area contributed by atoms with Crippen molar-refractivity contribution in [3.05, 3.63) is 42.2 Å². The second-order valence-electron chi connectivity index (χ2n) is 6.36. The van der Waals surface area contributed by atoms with Crippen molar-refractivity contribution in [3.8, 4) is 11.4 Å². The van der Waals surface area contributed by atoms with Gasteiger partial charge in [-0.15, -0.1) is 0 Å². The Morgan fingerprint density at radius 1 is 1.18 bits per heavy atom. The summed E-state index contributed by atoms with van der Waals surface area (Å²) < 4.78 is 0. The largest absolute Gasteiger partial charge is 0.338 e. The minimum atomic E-state index is -0.380. The van der Waals surface area contributed by atoms with Crippen molar-refractivity contribution >= 4 is 22.6 Å². The number of nitrogens with zero attached hydrogens (tertiary/aromatic N) is 2. The zero-order chi connectivity index (χ0) is 15.3. The molecule has 0 atom stereocenters. The third kappa shape index (κ3) is 1.97. The van der Waals surface area contributed by atoms with Crippen LogP contribution in [0.15, 0.2) is 36.7 Å². The predicted molar refractivity (Wildman–Crippen MR) is 85.4 cm³/mol. The van der Waals surface area contributed by atoms with E-state index in [1.807, 2.05) is 32.0 Å². The highest BCUT2D eigenvalue weighted by molar-refractivity contribution is 6.00. The third-order valence-corrected chi connectivity index (χ3v) is 4.16. The number of hydrogen-bond donors (Lipinski definition) is 2. The van der Waals surface area contributed by atoms with Crippen molar-refractivity contribution in [1.82, 2.24) is 15.0 Å². The Bertz CT molecular complexity index is 880. The Morgan fingerprint density at radius 2 is 1.95 bits per heavy atom. The number of hydrogen-bond acceptors (Lipinski definition) is 3. The Kier molecular flexibility index (Phi) is 2.60. The first-order valence-electron chi connectivity index (χ1n) is 7.27. The number of amides is 1.